The molecule has 0 saturated heterocycles. The molecular weight excluding hydrogens is 329 g/mol. The fourth-order valence-electron chi connectivity index (χ4n) is 2.00. The van der Waals surface area contributed by atoms with E-state index in [0.29, 0.717) is 0 Å². The number of carbonyl (C=O) groups is 3. The molecule has 0 spiro atoms. The van der Waals surface area contributed by atoms with Gasteiger partial charge in [0.25, 0.3) is 11.8 Å². The molecule has 1 aromatic rings. The van der Waals surface area contributed by atoms with Gasteiger partial charge in [-0.3, -0.25) is 19.3 Å². The van der Waals surface area contributed by atoms with Crippen molar-refractivity contribution < 1.29 is 23.9 Å². The summed E-state index contributed by atoms with van der Waals surface area (Å²) in [5.41, 5.74) is 0.128. The van der Waals surface area contributed by atoms with Gasteiger partial charge in [-0.2, -0.15) is 0 Å². The fraction of sp³-hybridized carbons (Fsp3) is 0.214. The molecule has 0 unspecified atom stereocenters. The van der Waals surface area contributed by atoms with E-state index in [-0.39, 0.29) is 35.2 Å². The van der Waals surface area contributed by atoms with Crippen molar-refractivity contribution >= 4 is 40.7 Å². The van der Waals surface area contributed by atoms with Crippen molar-refractivity contribution in [2.75, 3.05) is 23.8 Å². The number of hydrogen-bond acceptors (Lipinski definition) is 5. The van der Waals surface area contributed by atoms with E-state index < -0.39 is 23.5 Å². The maximum absolute atomic E-state index is 13.6. The largest absolute Gasteiger partial charge is 0.395 e. The smallest absolute Gasteiger partial charge is 0.277 e. The Kier molecular flexibility index (Phi) is 4.97. The molecule has 0 atom stereocenters. The van der Waals surface area contributed by atoms with Crippen molar-refractivity contribution in [2.45, 2.75) is 6.92 Å². The molecule has 9 heteroatoms. The minimum atomic E-state index is -0.757. The van der Waals surface area contributed by atoms with E-state index in [1.807, 2.05) is 0 Å². The van der Waals surface area contributed by atoms with Gasteiger partial charge in [0, 0.05) is 19.1 Å². The van der Waals surface area contributed by atoms with Crippen molar-refractivity contribution in [3.8, 4) is 0 Å². The third-order valence-corrected chi connectivity index (χ3v) is 3.26. The summed E-state index contributed by atoms with van der Waals surface area (Å²) in [6.45, 7) is 0.742. The van der Waals surface area contributed by atoms with Crippen LogP contribution >= 0.6 is 11.6 Å². The number of aliphatic hydroxyl groups is 1. The van der Waals surface area contributed by atoms with Crippen LogP contribution < -0.4 is 10.6 Å². The zero-order valence-corrected chi connectivity index (χ0v) is 12.8. The van der Waals surface area contributed by atoms with Gasteiger partial charge in [-0.15, -0.1) is 0 Å². The van der Waals surface area contributed by atoms with Crippen LogP contribution in [0.1, 0.15) is 6.92 Å². The molecule has 1 aromatic carbocycles. The minimum Gasteiger partial charge on any atom is -0.395 e. The second-order valence-corrected chi connectivity index (χ2v) is 5.10. The van der Waals surface area contributed by atoms with Gasteiger partial charge in [-0.05, 0) is 6.07 Å². The van der Waals surface area contributed by atoms with Gasteiger partial charge in [0.05, 0.1) is 29.5 Å². The summed E-state index contributed by atoms with van der Waals surface area (Å²) in [6.07, 6.45) is 1.03. The van der Waals surface area contributed by atoms with E-state index in [2.05, 4.69) is 10.6 Å². The number of benzene rings is 1. The number of hydrogen-bond donors (Lipinski definition) is 3. The SMILES string of the molecule is CC(=O)Nc1cc(Cl)c(F)cc1NC1=CC(=O)N(CCO)C1=O. The van der Waals surface area contributed by atoms with Crippen molar-refractivity contribution in [1.29, 1.82) is 0 Å². The second kappa shape index (κ2) is 6.76. The number of aliphatic hydroxyl groups excluding tert-OH is 1. The molecule has 2 rings (SSSR count). The molecule has 0 bridgehead atoms. The maximum Gasteiger partial charge on any atom is 0.277 e. The predicted octanol–water partition coefficient (Wildman–Crippen LogP) is 1.09. The molecule has 3 N–H and O–H groups in total. The van der Waals surface area contributed by atoms with E-state index in [4.69, 9.17) is 16.7 Å². The van der Waals surface area contributed by atoms with E-state index in [9.17, 15) is 18.8 Å². The van der Waals surface area contributed by atoms with Gasteiger partial charge < -0.3 is 15.7 Å². The van der Waals surface area contributed by atoms with Crippen LogP contribution in [0.15, 0.2) is 23.9 Å². The van der Waals surface area contributed by atoms with Gasteiger partial charge in [0.1, 0.15) is 11.5 Å². The Morgan fingerprint density at radius 2 is 2.04 bits per heavy atom. The van der Waals surface area contributed by atoms with Crippen LogP contribution in [0.4, 0.5) is 15.8 Å². The summed E-state index contributed by atoms with van der Waals surface area (Å²) in [5, 5.41) is 13.7. The first kappa shape index (κ1) is 16.9. The topological polar surface area (TPSA) is 98.7 Å². The number of rotatable bonds is 5. The molecule has 0 saturated carbocycles. The first-order chi connectivity index (χ1) is 10.8. The minimum absolute atomic E-state index is 0.0698. The Labute approximate surface area is 135 Å². The zero-order valence-electron chi connectivity index (χ0n) is 12.0. The Balaban J connectivity index is 2.31. The highest BCUT2D eigenvalue weighted by molar-refractivity contribution is 6.31. The van der Waals surface area contributed by atoms with E-state index in [0.717, 1.165) is 17.0 Å². The molecule has 1 aliphatic heterocycles. The van der Waals surface area contributed by atoms with Crippen molar-refractivity contribution in [3.63, 3.8) is 0 Å². The molecule has 0 aromatic heterocycles. The second-order valence-electron chi connectivity index (χ2n) is 4.69. The lowest BCUT2D eigenvalue weighted by Crippen LogP contribution is -2.34. The number of anilines is 2. The highest BCUT2D eigenvalue weighted by Gasteiger charge is 2.31. The molecule has 1 heterocycles. The van der Waals surface area contributed by atoms with E-state index in [1.54, 1.807) is 0 Å². The lowest BCUT2D eigenvalue weighted by molar-refractivity contribution is -0.137. The first-order valence-electron chi connectivity index (χ1n) is 6.55. The summed E-state index contributed by atoms with van der Waals surface area (Å²) in [4.78, 5) is 35.8. The van der Waals surface area contributed by atoms with E-state index in [1.165, 1.54) is 13.0 Å². The Morgan fingerprint density at radius 1 is 1.35 bits per heavy atom. The zero-order chi connectivity index (χ0) is 17.1. The van der Waals surface area contributed by atoms with Crippen LogP contribution in [0.5, 0.6) is 0 Å². The number of carbonyl (C=O) groups excluding carboxylic acids is 3. The Hall–Kier alpha value is -2.45. The number of halogens is 2. The van der Waals surface area contributed by atoms with Crippen LogP contribution in [0.2, 0.25) is 5.02 Å². The third kappa shape index (κ3) is 3.66. The van der Waals surface area contributed by atoms with Gasteiger partial charge in [-0.25, -0.2) is 4.39 Å². The highest BCUT2D eigenvalue weighted by Crippen LogP contribution is 2.30. The fourth-order valence-corrected chi connectivity index (χ4v) is 2.16. The summed E-state index contributed by atoms with van der Waals surface area (Å²) >= 11 is 5.68. The number of amides is 3. The van der Waals surface area contributed by atoms with Crippen molar-refractivity contribution in [1.82, 2.24) is 4.90 Å². The summed E-state index contributed by atoms with van der Waals surface area (Å²) in [6, 6.07) is 2.19. The summed E-state index contributed by atoms with van der Waals surface area (Å²) in [7, 11) is 0. The highest BCUT2D eigenvalue weighted by atomic mass is 35.5. The van der Waals surface area contributed by atoms with Gasteiger partial charge in [-0.1, -0.05) is 11.6 Å². The van der Waals surface area contributed by atoms with Crippen LogP contribution in [-0.4, -0.2) is 40.9 Å². The van der Waals surface area contributed by atoms with Crippen LogP contribution in [-0.2, 0) is 14.4 Å². The Morgan fingerprint density at radius 3 is 2.65 bits per heavy atom. The molecule has 7 nitrogen and oxygen atoms in total. The monoisotopic (exact) mass is 341 g/mol. The van der Waals surface area contributed by atoms with Gasteiger partial charge in [0.2, 0.25) is 5.91 Å². The van der Waals surface area contributed by atoms with Gasteiger partial charge >= 0.3 is 0 Å². The van der Waals surface area contributed by atoms with E-state index >= 15 is 0 Å². The molecule has 0 aliphatic carbocycles. The summed E-state index contributed by atoms with van der Waals surface area (Å²) < 4.78 is 13.6. The normalized spacial score (nSPS) is 14.1. The standard InChI is InChI=1S/C14H13ClFN3O4/c1-7(21)17-10-4-8(15)9(16)5-11(10)18-12-6-13(22)19(2-3-20)14(12)23/h4-6,18,20H,2-3H2,1H3,(H,17,21). The van der Waals surface area contributed by atoms with Crippen molar-refractivity contribution in [2.24, 2.45) is 0 Å². The molecular formula is C14H13ClFN3O4. The molecule has 1 aliphatic rings. The predicted molar refractivity (Wildman–Crippen MR) is 81.2 cm³/mol. The average Bonchev–Trinajstić information content (AvgIpc) is 2.72. The Bertz CT molecular complexity index is 720. The van der Waals surface area contributed by atoms with Crippen LogP contribution in [0, 0.1) is 5.82 Å². The molecule has 3 amide bonds. The first-order valence-corrected chi connectivity index (χ1v) is 6.93. The average molecular weight is 342 g/mol. The number of β-amino-alcohol motifs (C(OH)–C–C–N with tert-alkyl or cyclic N) is 1. The number of nitrogens with one attached hydrogen (secondary N) is 2. The van der Waals surface area contributed by atoms with Crippen LogP contribution in [0.25, 0.3) is 0 Å². The molecule has 0 radical (unpaired) electrons. The molecule has 122 valence electrons. The maximum atomic E-state index is 13.6. The quantitative estimate of drug-likeness (QED) is 0.696. The number of imide groups is 1. The lowest BCUT2D eigenvalue weighted by atomic mass is 10.2. The molecule has 23 heavy (non-hydrogen) atoms. The van der Waals surface area contributed by atoms with Crippen molar-refractivity contribution in [3.05, 3.63) is 34.7 Å². The number of nitrogens with zero attached hydrogens (tertiary/aromatic N) is 1. The van der Waals surface area contributed by atoms with Crippen LogP contribution in [0.3, 0.4) is 0 Å². The molecule has 0 fully saturated rings. The summed E-state index contributed by atoms with van der Waals surface area (Å²) in [5.74, 6) is -2.43. The lowest BCUT2D eigenvalue weighted by Gasteiger charge is -2.15. The van der Waals surface area contributed by atoms with Gasteiger partial charge in [0.15, 0.2) is 0 Å². The third-order valence-electron chi connectivity index (χ3n) is 2.97.